The van der Waals surface area contributed by atoms with E-state index < -0.39 is 0 Å². The van der Waals surface area contributed by atoms with Crippen LogP contribution in [0.1, 0.15) is 36.5 Å². The summed E-state index contributed by atoms with van der Waals surface area (Å²) in [5.74, 6) is 0.388. The molecule has 0 saturated heterocycles. The van der Waals surface area contributed by atoms with Crippen LogP contribution >= 0.6 is 11.8 Å². The van der Waals surface area contributed by atoms with Crippen molar-refractivity contribution in [1.82, 2.24) is 9.55 Å². The van der Waals surface area contributed by atoms with Gasteiger partial charge in [0.1, 0.15) is 0 Å². The van der Waals surface area contributed by atoms with Crippen LogP contribution in [0.15, 0.2) is 64.7 Å². The lowest BCUT2D eigenvalue weighted by molar-refractivity contribution is -0.113. The second-order valence-electron chi connectivity index (χ2n) is 7.37. The van der Waals surface area contributed by atoms with Crippen molar-refractivity contribution in [3.8, 4) is 5.69 Å². The number of rotatable bonds is 6. The normalized spacial score (nSPS) is 10.9. The van der Waals surface area contributed by atoms with Crippen LogP contribution in [0.25, 0.3) is 5.69 Å². The number of amides is 1. The van der Waals surface area contributed by atoms with Gasteiger partial charge in [-0.05, 0) is 60.7 Å². The first-order valence-electron chi connectivity index (χ1n) is 9.52. The van der Waals surface area contributed by atoms with Gasteiger partial charge in [-0.25, -0.2) is 4.98 Å². The Labute approximate surface area is 175 Å². The number of aromatic nitrogens is 2. The first-order chi connectivity index (χ1) is 13.8. The molecule has 0 unspecified atom stereocenters. The summed E-state index contributed by atoms with van der Waals surface area (Å²) >= 11 is 1.14. The summed E-state index contributed by atoms with van der Waals surface area (Å²) in [6.07, 6.45) is 3.24. The Hall–Kier alpha value is -2.86. The third kappa shape index (κ3) is 5.35. The molecule has 1 aromatic heterocycles. The standard InChI is InChI=1S/C23H25N3O2S/c1-15(2)18-5-7-19(8-6-18)25-21(27)14-29-22-23(28)26(10-9-24-22)20-12-16(3)11-17(4)13-20/h5-13,15H,14H2,1-4H3,(H,25,27). The number of anilines is 1. The summed E-state index contributed by atoms with van der Waals surface area (Å²) in [4.78, 5) is 29.3. The van der Waals surface area contributed by atoms with Gasteiger partial charge in [0.15, 0.2) is 5.03 Å². The summed E-state index contributed by atoms with van der Waals surface area (Å²) in [6, 6.07) is 13.8. The minimum absolute atomic E-state index is 0.116. The van der Waals surface area contributed by atoms with Crippen LogP contribution in [0.3, 0.4) is 0 Å². The molecule has 0 saturated carbocycles. The fraction of sp³-hybridized carbons (Fsp3) is 0.261. The Kier molecular flexibility index (Phi) is 6.54. The summed E-state index contributed by atoms with van der Waals surface area (Å²) < 4.78 is 1.57. The van der Waals surface area contributed by atoms with Crippen molar-refractivity contribution in [2.24, 2.45) is 0 Å². The quantitative estimate of drug-likeness (QED) is 0.602. The average molecular weight is 408 g/mol. The lowest BCUT2D eigenvalue weighted by Gasteiger charge is -2.10. The smallest absolute Gasteiger partial charge is 0.287 e. The van der Waals surface area contributed by atoms with E-state index in [-0.39, 0.29) is 17.2 Å². The third-order valence-corrected chi connectivity index (χ3v) is 5.45. The van der Waals surface area contributed by atoms with Gasteiger partial charge in [0, 0.05) is 23.8 Å². The number of thioether (sulfide) groups is 1. The highest BCUT2D eigenvalue weighted by molar-refractivity contribution is 7.99. The van der Waals surface area contributed by atoms with Crippen LogP contribution in [-0.4, -0.2) is 21.2 Å². The van der Waals surface area contributed by atoms with E-state index >= 15 is 0 Å². The Balaban J connectivity index is 1.69. The number of carbonyl (C=O) groups is 1. The molecule has 1 N–H and O–H groups in total. The Morgan fingerprint density at radius 1 is 1.10 bits per heavy atom. The van der Waals surface area contributed by atoms with E-state index in [0.717, 1.165) is 34.3 Å². The second-order valence-corrected chi connectivity index (χ2v) is 8.33. The monoisotopic (exact) mass is 407 g/mol. The van der Waals surface area contributed by atoms with Gasteiger partial charge in [-0.3, -0.25) is 14.2 Å². The molecule has 0 spiro atoms. The maximum Gasteiger partial charge on any atom is 0.287 e. The van der Waals surface area contributed by atoms with Crippen LogP contribution in [0, 0.1) is 13.8 Å². The van der Waals surface area contributed by atoms with Crippen LogP contribution in [0.5, 0.6) is 0 Å². The van der Waals surface area contributed by atoms with E-state index in [2.05, 4.69) is 30.2 Å². The molecule has 0 aliphatic carbocycles. The highest BCUT2D eigenvalue weighted by Gasteiger charge is 2.11. The van der Waals surface area contributed by atoms with E-state index in [1.807, 2.05) is 50.2 Å². The first kappa shape index (κ1) is 20.9. The average Bonchev–Trinajstić information content (AvgIpc) is 2.67. The second kappa shape index (κ2) is 9.09. The van der Waals surface area contributed by atoms with Crippen molar-refractivity contribution >= 4 is 23.4 Å². The van der Waals surface area contributed by atoms with Crippen molar-refractivity contribution < 1.29 is 4.79 Å². The Bertz CT molecular complexity index is 1050. The Morgan fingerprint density at radius 2 is 1.76 bits per heavy atom. The molecule has 150 valence electrons. The number of benzene rings is 2. The molecule has 5 nitrogen and oxygen atoms in total. The maximum atomic E-state index is 12.8. The van der Waals surface area contributed by atoms with Gasteiger partial charge in [0.05, 0.1) is 5.75 Å². The van der Waals surface area contributed by atoms with E-state index in [9.17, 15) is 9.59 Å². The molecule has 1 heterocycles. The molecule has 0 aliphatic rings. The van der Waals surface area contributed by atoms with Crippen molar-refractivity contribution in [1.29, 1.82) is 0 Å². The first-order valence-corrected chi connectivity index (χ1v) is 10.5. The molecule has 0 aliphatic heterocycles. The van der Waals surface area contributed by atoms with Gasteiger partial charge in [0.25, 0.3) is 5.56 Å². The molecule has 0 bridgehead atoms. The van der Waals surface area contributed by atoms with E-state index in [4.69, 9.17) is 0 Å². The number of nitrogens with zero attached hydrogens (tertiary/aromatic N) is 2. The predicted molar refractivity (Wildman–Crippen MR) is 119 cm³/mol. The zero-order valence-electron chi connectivity index (χ0n) is 17.1. The lowest BCUT2D eigenvalue weighted by Crippen LogP contribution is -2.22. The summed E-state index contributed by atoms with van der Waals surface area (Å²) in [5.41, 5.74) is 4.70. The fourth-order valence-electron chi connectivity index (χ4n) is 3.07. The third-order valence-electron chi connectivity index (χ3n) is 4.49. The van der Waals surface area contributed by atoms with Crippen molar-refractivity contribution in [3.05, 3.63) is 81.9 Å². The Morgan fingerprint density at radius 3 is 2.38 bits per heavy atom. The highest BCUT2D eigenvalue weighted by atomic mass is 32.2. The van der Waals surface area contributed by atoms with Gasteiger partial charge in [-0.15, -0.1) is 0 Å². The van der Waals surface area contributed by atoms with Gasteiger partial charge < -0.3 is 5.32 Å². The SMILES string of the molecule is Cc1cc(C)cc(-n2ccnc(SCC(=O)Nc3ccc(C(C)C)cc3)c2=O)c1. The number of hydrogen-bond acceptors (Lipinski definition) is 4. The molecular weight excluding hydrogens is 382 g/mol. The van der Waals surface area contributed by atoms with Crippen molar-refractivity contribution in [3.63, 3.8) is 0 Å². The van der Waals surface area contributed by atoms with Gasteiger partial charge >= 0.3 is 0 Å². The minimum atomic E-state index is -0.225. The lowest BCUT2D eigenvalue weighted by atomic mass is 10.0. The van der Waals surface area contributed by atoms with Crippen molar-refractivity contribution in [2.75, 3.05) is 11.1 Å². The number of carbonyl (C=O) groups excluding carboxylic acids is 1. The molecule has 1 amide bonds. The molecule has 6 heteroatoms. The van der Waals surface area contributed by atoms with Crippen LogP contribution < -0.4 is 10.9 Å². The molecular formula is C23H25N3O2S. The summed E-state index contributed by atoms with van der Waals surface area (Å²) in [7, 11) is 0. The molecule has 2 aromatic carbocycles. The number of nitrogens with one attached hydrogen (secondary N) is 1. The van der Waals surface area contributed by atoms with Crippen LogP contribution in [0.4, 0.5) is 5.69 Å². The van der Waals surface area contributed by atoms with E-state index in [0.29, 0.717) is 10.9 Å². The molecule has 3 aromatic rings. The van der Waals surface area contributed by atoms with Crippen LogP contribution in [-0.2, 0) is 4.79 Å². The molecule has 0 fully saturated rings. The van der Waals surface area contributed by atoms with Gasteiger partial charge in [0.2, 0.25) is 5.91 Å². The molecule has 0 radical (unpaired) electrons. The fourth-order valence-corrected chi connectivity index (χ4v) is 3.77. The minimum Gasteiger partial charge on any atom is -0.325 e. The molecule has 29 heavy (non-hydrogen) atoms. The zero-order chi connectivity index (χ0) is 21.0. The molecule has 3 rings (SSSR count). The summed E-state index contributed by atoms with van der Waals surface area (Å²) in [6.45, 7) is 8.25. The zero-order valence-corrected chi connectivity index (χ0v) is 17.9. The van der Waals surface area contributed by atoms with E-state index in [1.165, 1.54) is 5.56 Å². The topological polar surface area (TPSA) is 64.0 Å². The number of aryl methyl sites for hydroxylation is 2. The van der Waals surface area contributed by atoms with Gasteiger partial charge in [-0.1, -0.05) is 43.8 Å². The number of hydrogen-bond donors (Lipinski definition) is 1. The van der Waals surface area contributed by atoms with Gasteiger partial charge in [-0.2, -0.15) is 0 Å². The predicted octanol–water partition coefficient (Wildman–Crippen LogP) is 4.70. The largest absolute Gasteiger partial charge is 0.325 e. The summed E-state index contributed by atoms with van der Waals surface area (Å²) in [5, 5.41) is 3.17. The highest BCUT2D eigenvalue weighted by Crippen LogP contribution is 2.18. The van der Waals surface area contributed by atoms with Crippen molar-refractivity contribution in [2.45, 2.75) is 38.6 Å². The van der Waals surface area contributed by atoms with Crippen LogP contribution in [0.2, 0.25) is 0 Å². The molecule has 0 atom stereocenters. The maximum absolute atomic E-state index is 12.8. The van der Waals surface area contributed by atoms with E-state index in [1.54, 1.807) is 17.0 Å².